The molecule has 7 nitrogen and oxygen atoms in total. The van der Waals surface area contributed by atoms with Gasteiger partial charge in [0.2, 0.25) is 0 Å². The monoisotopic (exact) mass is 415 g/mol. The molecule has 0 bridgehead atoms. The van der Waals surface area contributed by atoms with Crippen LogP contribution in [0, 0.1) is 0 Å². The summed E-state index contributed by atoms with van der Waals surface area (Å²) in [5, 5.41) is 12.7. The van der Waals surface area contributed by atoms with E-state index in [9.17, 15) is 5.11 Å². The number of nitrogens with one attached hydrogen (secondary N) is 1. The number of hydrogen-bond acceptors (Lipinski definition) is 6. The Morgan fingerprint density at radius 2 is 1.84 bits per heavy atom. The van der Waals surface area contributed by atoms with E-state index in [2.05, 4.69) is 10.3 Å². The van der Waals surface area contributed by atoms with Gasteiger partial charge >= 0.3 is 0 Å². The van der Waals surface area contributed by atoms with Gasteiger partial charge in [0, 0.05) is 35.2 Å². The van der Waals surface area contributed by atoms with Crippen LogP contribution >= 0.6 is 0 Å². The molecule has 7 heteroatoms. The van der Waals surface area contributed by atoms with Crippen molar-refractivity contribution >= 4 is 22.7 Å². The molecule has 158 valence electrons. The number of nitrogens with zero attached hydrogens (tertiary/aromatic N) is 3. The Bertz CT molecular complexity index is 1170. The quantitative estimate of drug-likeness (QED) is 0.456. The highest BCUT2D eigenvalue weighted by molar-refractivity contribution is 5.86. The number of benzene rings is 2. The number of aromatic nitrogens is 3. The van der Waals surface area contributed by atoms with Crippen LogP contribution in [0.1, 0.15) is 24.6 Å². The van der Waals surface area contributed by atoms with E-state index in [1.165, 1.54) is 0 Å². The van der Waals surface area contributed by atoms with Gasteiger partial charge in [-0.2, -0.15) is 0 Å². The average molecular weight is 415 g/mol. The van der Waals surface area contributed by atoms with Gasteiger partial charge in [-0.3, -0.25) is 4.40 Å². The summed E-state index contributed by atoms with van der Waals surface area (Å²) >= 11 is 0. The van der Waals surface area contributed by atoms with Crippen LogP contribution in [-0.4, -0.2) is 38.8 Å². The lowest BCUT2D eigenvalue weighted by atomic mass is 9.98. The summed E-state index contributed by atoms with van der Waals surface area (Å²) in [5.41, 5.74) is 10.9. The van der Waals surface area contributed by atoms with Crippen molar-refractivity contribution in [1.29, 1.82) is 0 Å². The number of aliphatic hydroxyl groups excluding tert-OH is 1. The number of fused-ring (bicyclic) bond motifs is 1. The minimum atomic E-state index is -0.0849. The van der Waals surface area contributed by atoms with E-state index in [1.54, 1.807) is 6.20 Å². The van der Waals surface area contributed by atoms with Crippen LogP contribution in [0.5, 0.6) is 0 Å². The van der Waals surface area contributed by atoms with Gasteiger partial charge in [0.25, 0.3) is 0 Å². The molecule has 0 aliphatic carbocycles. The highest BCUT2D eigenvalue weighted by atomic mass is 16.5. The summed E-state index contributed by atoms with van der Waals surface area (Å²) in [6.07, 6.45) is 5.24. The van der Waals surface area contributed by atoms with Gasteiger partial charge in [-0.15, -0.1) is 0 Å². The van der Waals surface area contributed by atoms with Crippen molar-refractivity contribution in [3.8, 4) is 11.3 Å². The highest BCUT2D eigenvalue weighted by Crippen LogP contribution is 2.34. The summed E-state index contributed by atoms with van der Waals surface area (Å²) in [6.45, 7) is 0.590. The lowest BCUT2D eigenvalue weighted by Gasteiger charge is -2.27. The van der Waals surface area contributed by atoms with E-state index in [-0.39, 0.29) is 18.6 Å². The van der Waals surface area contributed by atoms with Gasteiger partial charge < -0.3 is 20.9 Å². The Morgan fingerprint density at radius 1 is 1.06 bits per heavy atom. The molecule has 2 aromatic heterocycles. The van der Waals surface area contributed by atoms with Gasteiger partial charge in [0.15, 0.2) is 0 Å². The van der Waals surface area contributed by atoms with Crippen LogP contribution in [0.3, 0.4) is 0 Å². The molecule has 1 fully saturated rings. The lowest BCUT2D eigenvalue weighted by molar-refractivity contribution is -0.0282. The van der Waals surface area contributed by atoms with Crippen LogP contribution in [-0.2, 0) is 4.74 Å². The zero-order valence-electron chi connectivity index (χ0n) is 17.1. The molecule has 0 amide bonds. The second-order valence-electron chi connectivity index (χ2n) is 7.83. The molecule has 0 saturated carbocycles. The second kappa shape index (κ2) is 8.37. The molecule has 4 N–H and O–H groups in total. The number of rotatable bonds is 5. The molecule has 1 aliphatic rings. The number of para-hydroxylation sites is 1. The minimum Gasteiger partial charge on any atom is -0.394 e. The van der Waals surface area contributed by atoms with Gasteiger partial charge in [-0.25, -0.2) is 9.97 Å². The summed E-state index contributed by atoms with van der Waals surface area (Å²) in [7, 11) is 0. The highest BCUT2D eigenvalue weighted by Gasteiger charge is 2.27. The predicted molar refractivity (Wildman–Crippen MR) is 121 cm³/mol. The minimum absolute atomic E-state index is 0.0561. The van der Waals surface area contributed by atoms with Crippen molar-refractivity contribution in [1.82, 2.24) is 14.4 Å². The number of nitrogens with two attached hydrogens (primary N) is 1. The van der Waals surface area contributed by atoms with Crippen molar-refractivity contribution < 1.29 is 9.84 Å². The smallest absolute Gasteiger partial charge is 0.150 e. The molecule has 1 aliphatic heterocycles. The first-order valence-electron chi connectivity index (χ1n) is 10.5. The molecule has 0 spiro atoms. The molecule has 0 radical (unpaired) electrons. The van der Waals surface area contributed by atoms with E-state index in [0.717, 1.165) is 46.8 Å². The van der Waals surface area contributed by atoms with Crippen molar-refractivity contribution in [2.75, 3.05) is 24.3 Å². The zero-order chi connectivity index (χ0) is 21.2. The topological polar surface area (TPSA) is 97.7 Å². The summed E-state index contributed by atoms with van der Waals surface area (Å²) in [4.78, 5) is 9.28. The molecule has 2 aromatic carbocycles. The molecule has 2 atom stereocenters. The third-order valence-electron chi connectivity index (χ3n) is 5.77. The molecule has 1 saturated heterocycles. The van der Waals surface area contributed by atoms with Gasteiger partial charge in [-0.1, -0.05) is 30.3 Å². The van der Waals surface area contributed by atoms with Gasteiger partial charge in [-0.05, 0) is 37.1 Å². The Balaban J connectivity index is 1.48. The van der Waals surface area contributed by atoms with Crippen LogP contribution in [0.2, 0.25) is 0 Å². The number of imidazole rings is 1. The fraction of sp³-hybridized carbons (Fsp3) is 0.250. The van der Waals surface area contributed by atoms with Crippen molar-refractivity contribution in [2.45, 2.75) is 24.9 Å². The van der Waals surface area contributed by atoms with Gasteiger partial charge in [0.1, 0.15) is 22.9 Å². The van der Waals surface area contributed by atoms with E-state index in [4.69, 9.17) is 15.5 Å². The molecular weight excluding hydrogens is 390 g/mol. The first-order valence-corrected chi connectivity index (χ1v) is 10.5. The largest absolute Gasteiger partial charge is 0.394 e. The number of aliphatic hydroxyl groups is 1. The van der Waals surface area contributed by atoms with Crippen molar-refractivity contribution in [2.24, 2.45) is 0 Å². The molecule has 4 aromatic rings. The Kier molecular flexibility index (Phi) is 5.28. The summed E-state index contributed by atoms with van der Waals surface area (Å²) < 4.78 is 7.83. The molecule has 5 rings (SSSR count). The first kappa shape index (κ1) is 19.5. The molecular formula is C24H25N5O2. The summed E-state index contributed by atoms with van der Waals surface area (Å²) in [5.74, 6) is 1.51. The van der Waals surface area contributed by atoms with E-state index < -0.39 is 0 Å². The summed E-state index contributed by atoms with van der Waals surface area (Å²) in [6, 6.07) is 18.2. The normalized spacial score (nSPS) is 18.9. The SMILES string of the molecule is Nc1nccn2c(C3CCC(CO)OC3)nc(-c3ccc(Nc4ccccc4)cc3)c12. The number of ether oxygens (including phenoxy) is 1. The molecule has 3 heterocycles. The van der Waals surface area contributed by atoms with E-state index >= 15 is 0 Å². The Labute approximate surface area is 180 Å². The predicted octanol–water partition coefficient (Wildman–Crippen LogP) is 3.98. The standard InChI is InChI=1S/C24H25N5O2/c25-23-22-21(16-6-9-19(10-7-16)27-18-4-2-1-3-5-18)28-24(29(22)13-12-26-23)17-8-11-20(14-30)31-15-17/h1-7,9-10,12-13,17,20,27,30H,8,11,14-15H2,(H2,25,26). The third-order valence-corrected chi connectivity index (χ3v) is 5.77. The van der Waals surface area contributed by atoms with Crippen LogP contribution < -0.4 is 11.1 Å². The fourth-order valence-corrected chi connectivity index (χ4v) is 4.13. The zero-order valence-corrected chi connectivity index (χ0v) is 17.1. The first-order chi connectivity index (χ1) is 15.2. The van der Waals surface area contributed by atoms with E-state index in [1.807, 2.05) is 65.2 Å². The van der Waals surface area contributed by atoms with Crippen molar-refractivity contribution in [3.05, 3.63) is 72.8 Å². The van der Waals surface area contributed by atoms with Crippen LogP contribution in [0.4, 0.5) is 17.2 Å². The maximum Gasteiger partial charge on any atom is 0.150 e. The van der Waals surface area contributed by atoms with Crippen LogP contribution in [0.15, 0.2) is 67.0 Å². The number of anilines is 3. The van der Waals surface area contributed by atoms with E-state index in [0.29, 0.717) is 12.4 Å². The Hall–Kier alpha value is -3.42. The third kappa shape index (κ3) is 3.85. The number of nitrogen functional groups attached to an aromatic ring is 1. The maximum absolute atomic E-state index is 9.35. The van der Waals surface area contributed by atoms with Crippen molar-refractivity contribution in [3.63, 3.8) is 0 Å². The van der Waals surface area contributed by atoms with Crippen LogP contribution in [0.25, 0.3) is 16.8 Å². The second-order valence-corrected chi connectivity index (χ2v) is 7.83. The number of hydrogen-bond donors (Lipinski definition) is 3. The fourth-order valence-electron chi connectivity index (χ4n) is 4.13. The Morgan fingerprint density at radius 3 is 2.55 bits per heavy atom. The molecule has 31 heavy (non-hydrogen) atoms. The average Bonchev–Trinajstić information content (AvgIpc) is 3.21. The lowest BCUT2D eigenvalue weighted by Crippen LogP contribution is -2.28. The van der Waals surface area contributed by atoms with Gasteiger partial charge in [0.05, 0.1) is 19.3 Å². The molecule has 2 unspecified atom stereocenters. The maximum atomic E-state index is 9.35.